The molecule has 1 aliphatic rings. The van der Waals surface area contributed by atoms with Crippen LogP contribution in [0.3, 0.4) is 0 Å². The Hall–Kier alpha value is -1.00. The normalized spacial score (nSPS) is 18.8. The fraction of sp³-hybridized carbons (Fsp3) is 0.571. The quantitative estimate of drug-likeness (QED) is 0.867. The second kappa shape index (κ2) is 6.25. The summed E-state index contributed by atoms with van der Waals surface area (Å²) in [5, 5.41) is 3.39. The highest BCUT2D eigenvalue weighted by atomic mass is 19.1. The van der Waals surface area contributed by atoms with E-state index in [0.29, 0.717) is 18.2 Å². The molecule has 2 nitrogen and oxygen atoms in total. The summed E-state index contributed by atoms with van der Waals surface area (Å²) >= 11 is 0. The van der Waals surface area contributed by atoms with Crippen molar-refractivity contribution >= 4 is 0 Å². The van der Waals surface area contributed by atoms with Crippen molar-refractivity contribution in [3.8, 4) is 0 Å². The van der Waals surface area contributed by atoms with Crippen LogP contribution in [-0.4, -0.2) is 12.6 Å². The summed E-state index contributed by atoms with van der Waals surface area (Å²) in [7, 11) is 0. The average molecular weight is 254 g/mol. The lowest BCUT2D eigenvalue weighted by Crippen LogP contribution is -2.38. The van der Waals surface area contributed by atoms with Gasteiger partial charge in [-0.3, -0.25) is 0 Å². The molecule has 100 valence electrons. The first-order valence-corrected chi connectivity index (χ1v) is 6.62. The minimum Gasteiger partial charge on any atom is -0.329 e. The van der Waals surface area contributed by atoms with Crippen molar-refractivity contribution in [2.24, 2.45) is 5.73 Å². The van der Waals surface area contributed by atoms with Crippen LogP contribution in [0.4, 0.5) is 8.78 Å². The predicted molar refractivity (Wildman–Crippen MR) is 68.2 cm³/mol. The fourth-order valence-corrected chi connectivity index (χ4v) is 2.62. The Morgan fingerprint density at radius 3 is 2.56 bits per heavy atom. The molecule has 4 heteroatoms. The SMILES string of the molecule is NCC(NC1CCCCC1)c1ccc(F)cc1F. The van der Waals surface area contributed by atoms with Gasteiger partial charge in [-0.15, -0.1) is 0 Å². The number of hydrogen-bond acceptors (Lipinski definition) is 2. The summed E-state index contributed by atoms with van der Waals surface area (Å²) < 4.78 is 26.6. The maximum Gasteiger partial charge on any atom is 0.130 e. The summed E-state index contributed by atoms with van der Waals surface area (Å²) in [6.45, 7) is 0.319. The molecule has 1 atom stereocenters. The van der Waals surface area contributed by atoms with Gasteiger partial charge in [-0.25, -0.2) is 8.78 Å². The van der Waals surface area contributed by atoms with Gasteiger partial charge in [0.25, 0.3) is 0 Å². The third-order valence-electron chi connectivity index (χ3n) is 3.62. The Morgan fingerprint density at radius 1 is 1.22 bits per heavy atom. The molecule has 2 rings (SSSR count). The van der Waals surface area contributed by atoms with E-state index >= 15 is 0 Å². The van der Waals surface area contributed by atoms with Crippen LogP contribution in [0.2, 0.25) is 0 Å². The van der Waals surface area contributed by atoms with Gasteiger partial charge >= 0.3 is 0 Å². The molecule has 3 N–H and O–H groups in total. The minimum atomic E-state index is -0.551. The summed E-state index contributed by atoms with van der Waals surface area (Å²) in [6, 6.07) is 3.85. The lowest BCUT2D eigenvalue weighted by atomic mass is 9.94. The van der Waals surface area contributed by atoms with Crippen molar-refractivity contribution in [1.29, 1.82) is 0 Å². The monoisotopic (exact) mass is 254 g/mol. The van der Waals surface area contributed by atoms with Crippen molar-refractivity contribution < 1.29 is 8.78 Å². The molecule has 1 aliphatic carbocycles. The third kappa shape index (κ3) is 3.27. The van der Waals surface area contributed by atoms with E-state index in [9.17, 15) is 8.78 Å². The molecule has 0 heterocycles. The molecular formula is C14H20F2N2. The van der Waals surface area contributed by atoms with Gasteiger partial charge < -0.3 is 11.1 Å². The van der Waals surface area contributed by atoms with Crippen LogP contribution in [0.25, 0.3) is 0 Å². The van der Waals surface area contributed by atoms with Gasteiger partial charge in [-0.2, -0.15) is 0 Å². The van der Waals surface area contributed by atoms with Crippen molar-refractivity contribution in [2.75, 3.05) is 6.54 Å². The molecule has 0 saturated heterocycles. The van der Waals surface area contributed by atoms with Gasteiger partial charge in [0, 0.05) is 30.3 Å². The highest BCUT2D eigenvalue weighted by Crippen LogP contribution is 2.23. The molecular weight excluding hydrogens is 234 g/mol. The van der Waals surface area contributed by atoms with E-state index in [0.717, 1.165) is 18.9 Å². The molecule has 1 saturated carbocycles. The first-order valence-electron chi connectivity index (χ1n) is 6.62. The molecule has 0 aliphatic heterocycles. The molecule has 1 aromatic rings. The lowest BCUT2D eigenvalue weighted by molar-refractivity contribution is 0.336. The molecule has 0 radical (unpaired) electrons. The summed E-state index contributed by atoms with van der Waals surface area (Å²) in [5.41, 5.74) is 6.17. The molecule has 0 amide bonds. The highest BCUT2D eigenvalue weighted by molar-refractivity contribution is 5.22. The summed E-state index contributed by atoms with van der Waals surface area (Å²) in [6.07, 6.45) is 5.91. The van der Waals surface area contributed by atoms with Crippen LogP contribution < -0.4 is 11.1 Å². The van der Waals surface area contributed by atoms with E-state index in [1.54, 1.807) is 0 Å². The number of halogens is 2. The van der Waals surface area contributed by atoms with E-state index in [4.69, 9.17) is 5.73 Å². The Bertz CT molecular complexity index is 389. The van der Waals surface area contributed by atoms with Crippen LogP contribution in [0.1, 0.15) is 43.7 Å². The Kier molecular flexibility index (Phi) is 4.66. The number of nitrogens with one attached hydrogen (secondary N) is 1. The number of hydrogen-bond donors (Lipinski definition) is 2. The maximum atomic E-state index is 13.7. The van der Waals surface area contributed by atoms with Gasteiger partial charge in [-0.05, 0) is 18.9 Å². The van der Waals surface area contributed by atoms with E-state index in [2.05, 4.69) is 5.32 Å². The van der Waals surface area contributed by atoms with E-state index in [1.165, 1.54) is 31.4 Å². The van der Waals surface area contributed by atoms with Crippen LogP contribution in [0.5, 0.6) is 0 Å². The van der Waals surface area contributed by atoms with E-state index < -0.39 is 11.6 Å². The lowest BCUT2D eigenvalue weighted by Gasteiger charge is -2.28. The van der Waals surface area contributed by atoms with Gasteiger partial charge in [0.1, 0.15) is 11.6 Å². The molecule has 0 aromatic heterocycles. The number of benzene rings is 1. The molecule has 1 aromatic carbocycles. The van der Waals surface area contributed by atoms with Crippen molar-refractivity contribution in [2.45, 2.75) is 44.2 Å². The zero-order valence-corrected chi connectivity index (χ0v) is 10.5. The summed E-state index contributed by atoms with van der Waals surface area (Å²) in [4.78, 5) is 0. The Morgan fingerprint density at radius 2 is 1.94 bits per heavy atom. The fourth-order valence-electron chi connectivity index (χ4n) is 2.62. The van der Waals surface area contributed by atoms with Crippen LogP contribution in [0, 0.1) is 11.6 Å². The van der Waals surface area contributed by atoms with Crippen LogP contribution in [0.15, 0.2) is 18.2 Å². The van der Waals surface area contributed by atoms with Gasteiger partial charge in [0.05, 0.1) is 0 Å². The standard InChI is InChI=1S/C14H20F2N2/c15-10-6-7-12(13(16)8-10)14(9-17)18-11-4-2-1-3-5-11/h6-8,11,14,18H,1-5,9,17H2. The van der Waals surface area contributed by atoms with E-state index in [1.807, 2.05) is 0 Å². The van der Waals surface area contributed by atoms with Crippen LogP contribution >= 0.6 is 0 Å². The summed E-state index contributed by atoms with van der Waals surface area (Å²) in [5.74, 6) is -1.07. The van der Waals surface area contributed by atoms with Crippen molar-refractivity contribution in [1.82, 2.24) is 5.32 Å². The second-order valence-electron chi connectivity index (χ2n) is 4.96. The highest BCUT2D eigenvalue weighted by Gasteiger charge is 2.20. The van der Waals surface area contributed by atoms with E-state index in [-0.39, 0.29) is 6.04 Å². The van der Waals surface area contributed by atoms with Crippen LogP contribution in [-0.2, 0) is 0 Å². The zero-order chi connectivity index (χ0) is 13.0. The van der Waals surface area contributed by atoms with Gasteiger partial charge in [-0.1, -0.05) is 25.3 Å². The van der Waals surface area contributed by atoms with Gasteiger partial charge in [0.2, 0.25) is 0 Å². The number of rotatable bonds is 4. The van der Waals surface area contributed by atoms with Crippen molar-refractivity contribution in [3.05, 3.63) is 35.4 Å². The molecule has 1 unspecified atom stereocenters. The average Bonchev–Trinajstić information content (AvgIpc) is 2.38. The first kappa shape index (κ1) is 13.4. The second-order valence-corrected chi connectivity index (χ2v) is 4.96. The topological polar surface area (TPSA) is 38.0 Å². The van der Waals surface area contributed by atoms with Crippen molar-refractivity contribution in [3.63, 3.8) is 0 Å². The Labute approximate surface area is 107 Å². The molecule has 0 spiro atoms. The molecule has 18 heavy (non-hydrogen) atoms. The largest absolute Gasteiger partial charge is 0.329 e. The smallest absolute Gasteiger partial charge is 0.130 e. The maximum absolute atomic E-state index is 13.7. The number of nitrogens with two attached hydrogens (primary N) is 1. The van der Waals surface area contributed by atoms with Gasteiger partial charge in [0.15, 0.2) is 0 Å². The zero-order valence-electron chi connectivity index (χ0n) is 10.5. The predicted octanol–water partition coefficient (Wildman–Crippen LogP) is 2.89. The minimum absolute atomic E-state index is 0.228. The first-order chi connectivity index (χ1) is 8.70. The third-order valence-corrected chi connectivity index (χ3v) is 3.62. The molecule has 0 bridgehead atoms. The Balaban J connectivity index is 2.07. The molecule has 1 fully saturated rings.